The molecule has 3 aliphatic rings. The second kappa shape index (κ2) is 6.36. The van der Waals surface area contributed by atoms with Crippen LogP contribution in [0.15, 0.2) is 0 Å². The van der Waals surface area contributed by atoms with E-state index in [0.717, 1.165) is 6.54 Å². The molecule has 0 bridgehead atoms. The molecule has 20 heavy (non-hydrogen) atoms. The Morgan fingerprint density at radius 3 is 2.35 bits per heavy atom. The second-order valence-corrected chi connectivity index (χ2v) is 7.71. The lowest BCUT2D eigenvalue weighted by atomic mass is 9.83. The average molecular weight is 279 g/mol. The predicted octanol–water partition coefficient (Wildman–Crippen LogP) is 4.43. The molecule has 2 nitrogen and oxygen atoms in total. The van der Waals surface area contributed by atoms with Crippen LogP contribution >= 0.6 is 0 Å². The molecule has 1 unspecified atom stereocenters. The Labute approximate surface area is 125 Å². The first kappa shape index (κ1) is 14.8. The number of hydrogen-bond acceptors (Lipinski definition) is 2. The van der Waals surface area contributed by atoms with Gasteiger partial charge in [-0.2, -0.15) is 0 Å². The lowest BCUT2D eigenvalue weighted by molar-refractivity contribution is -0.0628. The largest absolute Gasteiger partial charge is 0.370 e. The highest BCUT2D eigenvalue weighted by atomic mass is 16.5. The first-order valence-electron chi connectivity index (χ1n) is 9.15. The lowest BCUT2D eigenvalue weighted by Crippen LogP contribution is -2.38. The highest BCUT2D eigenvalue weighted by Crippen LogP contribution is 2.42. The van der Waals surface area contributed by atoms with Gasteiger partial charge in [0.05, 0.1) is 11.7 Å². The molecule has 1 atom stereocenters. The molecule has 1 saturated heterocycles. The SMILES string of the molecule is CCC1(CNCC2CCC3(CCCCC3)O2)CCCC1. The molecule has 0 aromatic heterocycles. The molecule has 1 spiro atoms. The summed E-state index contributed by atoms with van der Waals surface area (Å²) in [5.74, 6) is 0. The molecule has 0 aromatic rings. The number of ether oxygens (including phenoxy) is 1. The molecule has 2 saturated carbocycles. The molecule has 1 N–H and O–H groups in total. The fraction of sp³-hybridized carbons (Fsp3) is 1.00. The molecule has 0 radical (unpaired) electrons. The van der Waals surface area contributed by atoms with Gasteiger partial charge in [0.15, 0.2) is 0 Å². The monoisotopic (exact) mass is 279 g/mol. The summed E-state index contributed by atoms with van der Waals surface area (Å²) in [5, 5.41) is 3.76. The van der Waals surface area contributed by atoms with E-state index in [1.807, 2.05) is 0 Å². The van der Waals surface area contributed by atoms with Gasteiger partial charge in [0.25, 0.3) is 0 Å². The zero-order chi connectivity index (χ0) is 13.9. The molecular formula is C18H33NO. The lowest BCUT2D eigenvalue weighted by Gasteiger charge is -2.33. The first-order chi connectivity index (χ1) is 9.76. The molecule has 1 heterocycles. The van der Waals surface area contributed by atoms with E-state index in [2.05, 4.69) is 12.2 Å². The van der Waals surface area contributed by atoms with Gasteiger partial charge in [0.2, 0.25) is 0 Å². The zero-order valence-corrected chi connectivity index (χ0v) is 13.4. The quantitative estimate of drug-likeness (QED) is 0.804. The van der Waals surface area contributed by atoms with Crippen molar-refractivity contribution in [1.82, 2.24) is 5.32 Å². The van der Waals surface area contributed by atoms with Crippen molar-refractivity contribution < 1.29 is 4.74 Å². The topological polar surface area (TPSA) is 21.3 Å². The highest BCUT2D eigenvalue weighted by Gasteiger charge is 2.40. The minimum atomic E-state index is 0.292. The Hall–Kier alpha value is -0.0800. The summed E-state index contributed by atoms with van der Waals surface area (Å²) in [6.07, 6.45) is 17.0. The van der Waals surface area contributed by atoms with E-state index in [4.69, 9.17) is 4.74 Å². The molecule has 116 valence electrons. The van der Waals surface area contributed by atoms with Crippen LogP contribution in [0.4, 0.5) is 0 Å². The number of rotatable bonds is 5. The summed E-state index contributed by atoms with van der Waals surface area (Å²) < 4.78 is 6.46. The maximum Gasteiger partial charge on any atom is 0.0708 e. The third-order valence-corrected chi connectivity index (χ3v) is 6.39. The standard InChI is InChI=1S/C18H33NO/c1-2-17(9-6-7-10-17)15-19-14-16-8-13-18(20-16)11-4-3-5-12-18/h16,19H,2-15H2,1H3. The molecule has 3 fully saturated rings. The van der Waals surface area contributed by atoms with E-state index >= 15 is 0 Å². The van der Waals surface area contributed by atoms with Crippen LogP contribution in [0.3, 0.4) is 0 Å². The fourth-order valence-corrected chi connectivity index (χ4v) is 4.88. The van der Waals surface area contributed by atoms with Crippen molar-refractivity contribution in [3.8, 4) is 0 Å². The van der Waals surface area contributed by atoms with Crippen molar-refractivity contribution >= 4 is 0 Å². The van der Waals surface area contributed by atoms with Crippen molar-refractivity contribution in [2.24, 2.45) is 5.41 Å². The van der Waals surface area contributed by atoms with E-state index in [1.165, 1.54) is 83.6 Å². The van der Waals surface area contributed by atoms with Crippen molar-refractivity contribution in [2.45, 2.75) is 95.7 Å². The minimum absolute atomic E-state index is 0.292. The van der Waals surface area contributed by atoms with Crippen LogP contribution < -0.4 is 5.32 Å². The van der Waals surface area contributed by atoms with E-state index in [9.17, 15) is 0 Å². The van der Waals surface area contributed by atoms with E-state index < -0.39 is 0 Å². The summed E-state index contributed by atoms with van der Waals surface area (Å²) in [5.41, 5.74) is 0.904. The third-order valence-electron chi connectivity index (χ3n) is 6.39. The molecule has 3 rings (SSSR count). The van der Waals surface area contributed by atoms with Crippen molar-refractivity contribution in [2.75, 3.05) is 13.1 Å². The minimum Gasteiger partial charge on any atom is -0.370 e. The van der Waals surface area contributed by atoms with Gasteiger partial charge < -0.3 is 10.1 Å². The molecule has 2 heteroatoms. The smallest absolute Gasteiger partial charge is 0.0708 e. The molecule has 0 amide bonds. The molecule has 1 aliphatic heterocycles. The summed E-state index contributed by atoms with van der Waals surface area (Å²) in [4.78, 5) is 0. The van der Waals surface area contributed by atoms with E-state index in [1.54, 1.807) is 0 Å². The number of nitrogens with one attached hydrogen (secondary N) is 1. The molecule has 0 aromatic carbocycles. The van der Waals surface area contributed by atoms with Crippen LogP contribution in [0, 0.1) is 5.41 Å². The van der Waals surface area contributed by atoms with Gasteiger partial charge in [-0.15, -0.1) is 0 Å². The van der Waals surface area contributed by atoms with Crippen molar-refractivity contribution in [3.63, 3.8) is 0 Å². The van der Waals surface area contributed by atoms with Crippen molar-refractivity contribution in [3.05, 3.63) is 0 Å². The van der Waals surface area contributed by atoms with Crippen LogP contribution in [0.1, 0.15) is 84.0 Å². The highest BCUT2D eigenvalue weighted by molar-refractivity contribution is 4.92. The Morgan fingerprint density at radius 1 is 0.950 bits per heavy atom. The molecular weight excluding hydrogens is 246 g/mol. The van der Waals surface area contributed by atoms with E-state index in [-0.39, 0.29) is 0 Å². The van der Waals surface area contributed by atoms with Crippen molar-refractivity contribution in [1.29, 1.82) is 0 Å². The summed E-state index contributed by atoms with van der Waals surface area (Å²) >= 11 is 0. The van der Waals surface area contributed by atoms with Crippen LogP contribution in [0.5, 0.6) is 0 Å². The normalized spacial score (nSPS) is 31.9. The summed E-state index contributed by atoms with van der Waals surface area (Å²) in [6.45, 7) is 4.68. The van der Waals surface area contributed by atoms with Gasteiger partial charge in [0, 0.05) is 13.1 Å². The van der Waals surface area contributed by atoms with Crippen LogP contribution in [0.2, 0.25) is 0 Å². The Morgan fingerprint density at radius 2 is 1.65 bits per heavy atom. The Balaban J connectivity index is 1.41. The van der Waals surface area contributed by atoms with Crippen LogP contribution in [-0.2, 0) is 4.74 Å². The second-order valence-electron chi connectivity index (χ2n) is 7.71. The Kier molecular flexibility index (Phi) is 4.72. The average Bonchev–Trinajstić information content (AvgIpc) is 3.09. The number of hydrogen-bond donors (Lipinski definition) is 1. The molecule has 2 aliphatic carbocycles. The Bertz CT molecular complexity index is 303. The van der Waals surface area contributed by atoms with Gasteiger partial charge in [-0.25, -0.2) is 0 Å². The maximum absolute atomic E-state index is 6.46. The van der Waals surface area contributed by atoms with Gasteiger partial charge in [-0.3, -0.25) is 0 Å². The van der Waals surface area contributed by atoms with Gasteiger partial charge >= 0.3 is 0 Å². The van der Waals surface area contributed by atoms with Gasteiger partial charge in [-0.1, -0.05) is 39.0 Å². The van der Waals surface area contributed by atoms with Crippen LogP contribution in [-0.4, -0.2) is 24.8 Å². The summed E-state index contributed by atoms with van der Waals surface area (Å²) in [7, 11) is 0. The summed E-state index contributed by atoms with van der Waals surface area (Å²) in [6, 6.07) is 0. The van der Waals surface area contributed by atoms with Gasteiger partial charge in [-0.05, 0) is 50.4 Å². The third kappa shape index (κ3) is 3.22. The van der Waals surface area contributed by atoms with E-state index in [0.29, 0.717) is 17.1 Å². The zero-order valence-electron chi connectivity index (χ0n) is 13.4. The fourth-order valence-electron chi connectivity index (χ4n) is 4.88. The first-order valence-corrected chi connectivity index (χ1v) is 9.15. The van der Waals surface area contributed by atoms with Gasteiger partial charge in [0.1, 0.15) is 0 Å². The maximum atomic E-state index is 6.46. The predicted molar refractivity (Wildman–Crippen MR) is 84.0 cm³/mol. The van der Waals surface area contributed by atoms with Crippen LogP contribution in [0.25, 0.3) is 0 Å².